The van der Waals surface area contributed by atoms with Crippen molar-refractivity contribution in [3.05, 3.63) is 29.8 Å². The van der Waals surface area contributed by atoms with Gasteiger partial charge in [-0.05, 0) is 32.6 Å². The number of hydrogen-bond donors (Lipinski definition) is 3. The molecule has 0 aromatic carbocycles. The first-order chi connectivity index (χ1) is 13.0. The summed E-state index contributed by atoms with van der Waals surface area (Å²) in [6.45, 7) is 3.96. The number of amides is 2. The average Bonchev–Trinajstić information content (AvgIpc) is 3.36. The molecule has 1 saturated carbocycles. The molecule has 3 atom stereocenters. The predicted octanol–water partition coefficient (Wildman–Crippen LogP) is 2.74. The number of nitrogens with zero attached hydrogens (tertiary/aromatic N) is 2. The van der Waals surface area contributed by atoms with Crippen molar-refractivity contribution >= 4 is 17.8 Å². The summed E-state index contributed by atoms with van der Waals surface area (Å²) in [5, 5.41) is 16.2. The minimum Gasteiger partial charge on any atom is -0.446 e. The summed E-state index contributed by atoms with van der Waals surface area (Å²) < 4.78 is 10.4. The van der Waals surface area contributed by atoms with Crippen LogP contribution in [-0.2, 0) is 16.0 Å². The van der Waals surface area contributed by atoms with Crippen LogP contribution in [0.3, 0.4) is 0 Å². The molecule has 2 aromatic heterocycles. The number of nitrogens with one attached hydrogen (secondary N) is 3. The van der Waals surface area contributed by atoms with Crippen LogP contribution in [0.25, 0.3) is 0 Å². The second-order valence-corrected chi connectivity index (χ2v) is 6.90. The first-order valence-corrected chi connectivity index (χ1v) is 9.25. The average molecular weight is 375 g/mol. The molecular formula is C18H25N5O4. The second-order valence-electron chi connectivity index (χ2n) is 6.90. The van der Waals surface area contributed by atoms with Gasteiger partial charge in [0.05, 0.1) is 12.6 Å². The molecule has 0 spiro atoms. The van der Waals surface area contributed by atoms with Crippen molar-refractivity contribution in [1.29, 1.82) is 0 Å². The molecule has 1 fully saturated rings. The van der Waals surface area contributed by atoms with Gasteiger partial charge in [0.25, 0.3) is 0 Å². The lowest BCUT2D eigenvalue weighted by Gasteiger charge is -2.16. The highest BCUT2D eigenvalue weighted by Gasteiger charge is 2.30. The van der Waals surface area contributed by atoms with E-state index in [0.29, 0.717) is 11.6 Å². The van der Waals surface area contributed by atoms with E-state index in [-0.39, 0.29) is 36.5 Å². The summed E-state index contributed by atoms with van der Waals surface area (Å²) in [6, 6.07) is 3.57. The zero-order valence-corrected chi connectivity index (χ0v) is 15.5. The predicted molar refractivity (Wildman–Crippen MR) is 97.2 cm³/mol. The van der Waals surface area contributed by atoms with E-state index in [9.17, 15) is 9.59 Å². The summed E-state index contributed by atoms with van der Waals surface area (Å²) >= 11 is 0. The number of hydrogen-bond acceptors (Lipinski definition) is 6. The van der Waals surface area contributed by atoms with Gasteiger partial charge in [-0.1, -0.05) is 12.1 Å². The quantitative estimate of drug-likeness (QED) is 0.684. The molecule has 146 valence electrons. The van der Waals surface area contributed by atoms with Gasteiger partial charge in [-0.15, -0.1) is 0 Å². The van der Waals surface area contributed by atoms with Crippen LogP contribution in [0.5, 0.6) is 0 Å². The molecule has 0 radical (unpaired) electrons. The molecule has 1 aliphatic rings. The van der Waals surface area contributed by atoms with Crippen molar-refractivity contribution in [1.82, 2.24) is 20.7 Å². The number of aromatic nitrogens is 3. The molecule has 9 nitrogen and oxygen atoms in total. The third kappa shape index (κ3) is 5.32. The highest BCUT2D eigenvalue weighted by atomic mass is 16.6. The summed E-state index contributed by atoms with van der Waals surface area (Å²) in [7, 11) is 0. The van der Waals surface area contributed by atoms with Crippen LogP contribution in [0.4, 0.5) is 10.6 Å². The fourth-order valence-electron chi connectivity index (χ4n) is 3.11. The van der Waals surface area contributed by atoms with E-state index in [1.54, 1.807) is 6.07 Å². The van der Waals surface area contributed by atoms with Crippen molar-refractivity contribution in [2.45, 2.75) is 64.0 Å². The molecular weight excluding hydrogens is 350 g/mol. The van der Waals surface area contributed by atoms with Gasteiger partial charge in [-0.25, -0.2) is 4.79 Å². The topological polar surface area (TPSA) is 122 Å². The third-order valence-electron chi connectivity index (χ3n) is 4.77. The Kier molecular flexibility index (Phi) is 6.10. The van der Waals surface area contributed by atoms with E-state index in [4.69, 9.17) is 9.26 Å². The number of carbonyl (C=O) groups is 2. The third-order valence-corrected chi connectivity index (χ3v) is 4.77. The molecule has 1 aliphatic carbocycles. The number of ether oxygens (including phenoxy) is 1. The Balaban J connectivity index is 1.47. The monoisotopic (exact) mass is 375 g/mol. The number of carbonyl (C=O) groups excluding carboxylic acids is 2. The van der Waals surface area contributed by atoms with Gasteiger partial charge in [0.15, 0.2) is 5.82 Å². The zero-order valence-electron chi connectivity index (χ0n) is 15.5. The smallest absolute Gasteiger partial charge is 0.407 e. The Morgan fingerprint density at radius 3 is 3.04 bits per heavy atom. The van der Waals surface area contributed by atoms with Crippen molar-refractivity contribution in [3.8, 4) is 0 Å². The van der Waals surface area contributed by atoms with Gasteiger partial charge in [0.1, 0.15) is 11.9 Å². The number of aromatic amines is 1. The van der Waals surface area contributed by atoms with Gasteiger partial charge < -0.3 is 19.9 Å². The van der Waals surface area contributed by atoms with Crippen LogP contribution in [0.2, 0.25) is 0 Å². The summed E-state index contributed by atoms with van der Waals surface area (Å²) in [4.78, 5) is 23.8. The normalized spacial score (nSPS) is 20.2. The van der Waals surface area contributed by atoms with Crippen LogP contribution >= 0.6 is 0 Å². The van der Waals surface area contributed by atoms with Gasteiger partial charge in [-0.2, -0.15) is 5.10 Å². The maximum Gasteiger partial charge on any atom is 0.407 e. The van der Waals surface area contributed by atoms with E-state index >= 15 is 0 Å². The molecule has 3 rings (SSSR count). The number of H-pyrrole nitrogens is 1. The summed E-state index contributed by atoms with van der Waals surface area (Å²) in [5.74, 6) is 0.959. The first kappa shape index (κ1) is 18.9. The van der Waals surface area contributed by atoms with Crippen LogP contribution in [-0.4, -0.2) is 39.5 Å². The van der Waals surface area contributed by atoms with E-state index in [1.165, 1.54) is 6.20 Å². The molecule has 0 aliphatic heterocycles. The molecule has 0 unspecified atom stereocenters. The fraction of sp³-hybridized carbons (Fsp3) is 0.556. The SMILES string of the molecule is CC[C@@H](C)NC(=O)O[C@@H]1CC[C@H](c2cc(NC(=O)Cc3ccno3)n[nH]2)C1. The Morgan fingerprint density at radius 1 is 1.44 bits per heavy atom. The van der Waals surface area contributed by atoms with Crippen LogP contribution in [0.15, 0.2) is 22.9 Å². The standard InChI is InChI=1S/C18H25N5O4/c1-3-11(2)20-18(25)26-13-5-4-12(8-13)15-10-16(23-22-15)21-17(24)9-14-6-7-19-27-14/h6-7,10-13H,3-5,8-9H2,1-2H3,(H,20,25)(H2,21,22,23,24)/t11-,12+,13-/m1/s1. The molecule has 0 saturated heterocycles. The Hall–Kier alpha value is -2.84. The maximum atomic E-state index is 12.0. The van der Waals surface area contributed by atoms with Gasteiger partial charge in [0, 0.05) is 29.8 Å². The lowest BCUT2D eigenvalue weighted by atomic mass is 10.0. The van der Waals surface area contributed by atoms with Crippen LogP contribution in [0, 0.1) is 0 Å². The molecule has 9 heteroatoms. The molecule has 2 heterocycles. The van der Waals surface area contributed by atoms with E-state index < -0.39 is 0 Å². The first-order valence-electron chi connectivity index (χ1n) is 9.25. The lowest BCUT2D eigenvalue weighted by molar-refractivity contribution is -0.115. The van der Waals surface area contributed by atoms with Gasteiger partial charge >= 0.3 is 6.09 Å². The van der Waals surface area contributed by atoms with Crippen LogP contribution in [0.1, 0.15) is 56.9 Å². The Morgan fingerprint density at radius 2 is 2.30 bits per heavy atom. The van der Waals surface area contributed by atoms with Gasteiger partial charge in [0.2, 0.25) is 5.91 Å². The minimum atomic E-state index is -0.361. The molecule has 3 N–H and O–H groups in total. The highest BCUT2D eigenvalue weighted by Crippen LogP contribution is 2.35. The van der Waals surface area contributed by atoms with Crippen molar-refractivity contribution in [2.75, 3.05) is 5.32 Å². The van der Waals surface area contributed by atoms with Gasteiger partial charge in [-0.3, -0.25) is 9.89 Å². The number of alkyl carbamates (subject to hydrolysis) is 1. The summed E-state index contributed by atoms with van der Waals surface area (Å²) in [5.41, 5.74) is 0.929. The molecule has 2 amide bonds. The Bertz CT molecular complexity index is 758. The Labute approximate surface area is 157 Å². The van der Waals surface area contributed by atoms with Crippen molar-refractivity contribution in [2.24, 2.45) is 0 Å². The van der Waals surface area contributed by atoms with Crippen molar-refractivity contribution in [3.63, 3.8) is 0 Å². The molecule has 27 heavy (non-hydrogen) atoms. The largest absolute Gasteiger partial charge is 0.446 e. The lowest BCUT2D eigenvalue weighted by Crippen LogP contribution is -2.34. The number of rotatable bonds is 7. The number of anilines is 1. The summed E-state index contributed by atoms with van der Waals surface area (Å²) in [6.07, 6.45) is 4.44. The fourth-order valence-corrected chi connectivity index (χ4v) is 3.11. The minimum absolute atomic E-state index is 0.102. The van der Waals surface area contributed by atoms with E-state index in [2.05, 4.69) is 26.0 Å². The van der Waals surface area contributed by atoms with Crippen LogP contribution < -0.4 is 10.6 Å². The second kappa shape index (κ2) is 8.70. The molecule has 0 bridgehead atoms. The van der Waals surface area contributed by atoms with E-state index in [0.717, 1.165) is 31.4 Å². The molecule has 2 aromatic rings. The zero-order chi connectivity index (χ0) is 19.2. The van der Waals surface area contributed by atoms with Crippen molar-refractivity contribution < 1.29 is 18.8 Å². The highest BCUT2D eigenvalue weighted by molar-refractivity contribution is 5.91. The maximum absolute atomic E-state index is 12.0. The van der Waals surface area contributed by atoms with E-state index in [1.807, 2.05) is 19.9 Å².